The summed E-state index contributed by atoms with van der Waals surface area (Å²) in [6, 6.07) is 13.8. The maximum atomic E-state index is 13.1. The normalized spacial score (nSPS) is 12.3. The molecule has 0 radical (unpaired) electrons. The number of nitrogens with zero attached hydrogens (tertiary/aromatic N) is 4. The van der Waals surface area contributed by atoms with E-state index in [0.717, 1.165) is 27.5 Å². The minimum atomic E-state index is -0.118. The first kappa shape index (κ1) is 17.4. The molecule has 5 nitrogen and oxygen atoms in total. The van der Waals surface area contributed by atoms with E-state index in [4.69, 9.17) is 4.98 Å². The van der Waals surface area contributed by atoms with Crippen molar-refractivity contribution in [2.75, 3.05) is 7.05 Å². The molecule has 1 atom stereocenters. The van der Waals surface area contributed by atoms with Crippen LogP contribution in [0.25, 0.3) is 16.2 Å². The van der Waals surface area contributed by atoms with Crippen LogP contribution in [0.4, 0.5) is 0 Å². The zero-order valence-electron chi connectivity index (χ0n) is 15.5. The Morgan fingerprint density at radius 3 is 2.70 bits per heavy atom. The molecular weight excluding hydrogens is 356 g/mol. The van der Waals surface area contributed by atoms with Gasteiger partial charge in [-0.25, -0.2) is 4.98 Å². The zero-order valence-corrected chi connectivity index (χ0v) is 16.3. The lowest BCUT2D eigenvalue weighted by molar-refractivity contribution is 0.0733. The van der Waals surface area contributed by atoms with E-state index in [1.165, 1.54) is 11.3 Å². The predicted molar refractivity (Wildman–Crippen MR) is 108 cm³/mol. The molecule has 0 aliphatic rings. The van der Waals surface area contributed by atoms with Gasteiger partial charge in [-0.3, -0.25) is 14.2 Å². The Morgan fingerprint density at radius 2 is 1.96 bits per heavy atom. The van der Waals surface area contributed by atoms with E-state index in [9.17, 15) is 4.79 Å². The van der Waals surface area contributed by atoms with Crippen LogP contribution in [0.1, 0.15) is 34.7 Å². The Labute approximate surface area is 161 Å². The third-order valence-corrected chi connectivity index (χ3v) is 5.71. The summed E-state index contributed by atoms with van der Waals surface area (Å²) in [6.07, 6.45) is 3.69. The first-order valence-electron chi connectivity index (χ1n) is 8.77. The topological polar surface area (TPSA) is 50.5 Å². The van der Waals surface area contributed by atoms with Crippen LogP contribution in [-0.4, -0.2) is 32.2 Å². The molecule has 0 N–H and O–H groups in total. The highest BCUT2D eigenvalue weighted by Gasteiger charge is 2.23. The van der Waals surface area contributed by atoms with Gasteiger partial charge in [-0.1, -0.05) is 30.3 Å². The van der Waals surface area contributed by atoms with Crippen LogP contribution in [0.15, 0.2) is 60.2 Å². The highest BCUT2D eigenvalue weighted by Crippen LogP contribution is 2.27. The summed E-state index contributed by atoms with van der Waals surface area (Å²) in [7, 11) is 1.81. The van der Waals surface area contributed by atoms with Gasteiger partial charge in [0.1, 0.15) is 5.69 Å². The molecule has 0 bridgehead atoms. The lowest BCUT2D eigenvalue weighted by Gasteiger charge is -2.24. The van der Waals surface area contributed by atoms with Crippen molar-refractivity contribution in [2.45, 2.75) is 19.9 Å². The number of carbonyl (C=O) groups is 1. The largest absolute Gasteiger partial charge is 0.332 e. The number of aromatic nitrogens is 3. The molecule has 27 heavy (non-hydrogen) atoms. The van der Waals surface area contributed by atoms with Crippen LogP contribution in [0, 0.1) is 6.92 Å². The van der Waals surface area contributed by atoms with Crippen molar-refractivity contribution in [3.63, 3.8) is 0 Å². The number of imidazole rings is 1. The minimum Gasteiger partial charge on any atom is -0.332 e. The number of rotatable bonds is 4. The molecule has 0 aliphatic carbocycles. The number of hydrogen-bond acceptors (Lipinski definition) is 4. The third kappa shape index (κ3) is 3.13. The number of aryl methyl sites for hydroxylation is 1. The predicted octanol–water partition coefficient (Wildman–Crippen LogP) is 4.60. The fourth-order valence-corrected chi connectivity index (χ4v) is 3.95. The summed E-state index contributed by atoms with van der Waals surface area (Å²) in [5, 5.41) is 1.87. The van der Waals surface area contributed by atoms with Gasteiger partial charge in [-0.15, -0.1) is 11.3 Å². The number of pyridine rings is 1. The molecular formula is C21H20N4OS. The second-order valence-corrected chi connectivity index (χ2v) is 7.40. The van der Waals surface area contributed by atoms with E-state index in [1.807, 2.05) is 60.3 Å². The molecule has 3 aromatic heterocycles. The zero-order chi connectivity index (χ0) is 19.0. The lowest BCUT2D eigenvalue weighted by Crippen LogP contribution is -2.30. The van der Waals surface area contributed by atoms with Crippen LogP contribution >= 0.6 is 11.3 Å². The summed E-state index contributed by atoms with van der Waals surface area (Å²) >= 11 is 1.48. The smallest absolute Gasteiger partial charge is 0.272 e. The molecule has 0 aliphatic heterocycles. The van der Waals surface area contributed by atoms with E-state index in [1.54, 1.807) is 11.1 Å². The summed E-state index contributed by atoms with van der Waals surface area (Å²) in [6.45, 7) is 4.05. The van der Waals surface area contributed by atoms with Gasteiger partial charge < -0.3 is 4.90 Å². The summed E-state index contributed by atoms with van der Waals surface area (Å²) in [5.41, 5.74) is 4.62. The van der Waals surface area contributed by atoms with Crippen molar-refractivity contribution in [1.29, 1.82) is 0 Å². The van der Waals surface area contributed by atoms with Gasteiger partial charge in [-0.2, -0.15) is 0 Å². The third-order valence-electron chi connectivity index (χ3n) is 4.87. The van der Waals surface area contributed by atoms with Crippen molar-refractivity contribution < 1.29 is 4.79 Å². The SMILES string of the molecule is Cc1ccccc1-c1cn2c(C(=O)N(C)[C@@H](C)c3ccccn3)csc2n1. The maximum absolute atomic E-state index is 13.1. The first-order chi connectivity index (χ1) is 13.1. The highest BCUT2D eigenvalue weighted by atomic mass is 32.1. The standard InChI is InChI=1S/C21H20N4OS/c1-14-8-4-5-9-16(14)18-12-25-19(13-27-21(25)23-18)20(26)24(3)15(2)17-10-6-7-11-22-17/h4-13,15H,1-3H3/t15-/m0/s1. The van der Waals surface area contributed by atoms with Crippen LogP contribution in [0.3, 0.4) is 0 Å². The average Bonchev–Trinajstić information content (AvgIpc) is 3.28. The van der Waals surface area contributed by atoms with Gasteiger partial charge in [0.05, 0.1) is 17.4 Å². The molecule has 1 amide bonds. The van der Waals surface area contributed by atoms with Crippen molar-refractivity contribution in [1.82, 2.24) is 19.3 Å². The summed E-state index contributed by atoms with van der Waals surface area (Å²) in [4.78, 5) is 24.7. The van der Waals surface area contributed by atoms with Gasteiger partial charge in [0, 0.05) is 30.4 Å². The van der Waals surface area contributed by atoms with E-state index >= 15 is 0 Å². The summed E-state index contributed by atoms with van der Waals surface area (Å²) < 4.78 is 1.89. The van der Waals surface area contributed by atoms with Crippen LogP contribution < -0.4 is 0 Å². The second kappa shape index (κ2) is 6.96. The highest BCUT2D eigenvalue weighted by molar-refractivity contribution is 7.15. The van der Waals surface area contributed by atoms with E-state index in [0.29, 0.717) is 5.69 Å². The van der Waals surface area contributed by atoms with Crippen LogP contribution in [-0.2, 0) is 0 Å². The van der Waals surface area contributed by atoms with E-state index in [2.05, 4.69) is 24.0 Å². The van der Waals surface area contributed by atoms with Gasteiger partial charge in [0.2, 0.25) is 0 Å². The Kier molecular flexibility index (Phi) is 4.49. The Morgan fingerprint density at radius 1 is 1.19 bits per heavy atom. The van der Waals surface area contributed by atoms with E-state index < -0.39 is 0 Å². The van der Waals surface area contributed by atoms with Crippen molar-refractivity contribution in [2.24, 2.45) is 0 Å². The van der Waals surface area contributed by atoms with Crippen molar-refractivity contribution in [3.8, 4) is 11.3 Å². The molecule has 3 heterocycles. The lowest BCUT2D eigenvalue weighted by atomic mass is 10.1. The monoisotopic (exact) mass is 376 g/mol. The quantitative estimate of drug-likeness (QED) is 0.523. The maximum Gasteiger partial charge on any atom is 0.272 e. The number of fused-ring (bicyclic) bond motifs is 1. The molecule has 0 saturated heterocycles. The van der Waals surface area contributed by atoms with Crippen molar-refractivity contribution >= 4 is 22.2 Å². The molecule has 6 heteroatoms. The van der Waals surface area contributed by atoms with Gasteiger partial charge in [0.25, 0.3) is 5.91 Å². The molecule has 0 fully saturated rings. The second-order valence-electron chi connectivity index (χ2n) is 6.56. The molecule has 4 rings (SSSR count). The average molecular weight is 376 g/mol. The number of benzene rings is 1. The first-order valence-corrected chi connectivity index (χ1v) is 9.65. The number of amides is 1. The molecule has 1 aromatic carbocycles. The van der Waals surface area contributed by atoms with E-state index in [-0.39, 0.29) is 11.9 Å². The molecule has 0 saturated carbocycles. The number of carbonyl (C=O) groups excluding carboxylic acids is 1. The van der Waals surface area contributed by atoms with Gasteiger partial charge in [-0.05, 0) is 31.5 Å². The Balaban J connectivity index is 1.67. The fraction of sp³-hybridized carbons (Fsp3) is 0.190. The van der Waals surface area contributed by atoms with Crippen LogP contribution in [0.2, 0.25) is 0 Å². The number of thiazole rings is 1. The Bertz CT molecular complexity index is 1100. The van der Waals surface area contributed by atoms with Crippen LogP contribution in [0.5, 0.6) is 0 Å². The Hall–Kier alpha value is -2.99. The minimum absolute atomic E-state index is 0.0480. The fourth-order valence-electron chi connectivity index (χ4n) is 3.11. The summed E-state index contributed by atoms with van der Waals surface area (Å²) in [5.74, 6) is -0.0480. The molecule has 136 valence electrons. The van der Waals surface area contributed by atoms with Gasteiger partial charge >= 0.3 is 0 Å². The molecule has 0 spiro atoms. The molecule has 4 aromatic rings. The number of hydrogen-bond donors (Lipinski definition) is 0. The van der Waals surface area contributed by atoms with Crippen molar-refractivity contribution in [3.05, 3.63) is 77.2 Å². The molecule has 0 unspecified atom stereocenters. The van der Waals surface area contributed by atoms with Gasteiger partial charge in [0.15, 0.2) is 4.96 Å².